The molecule has 0 fully saturated rings. The lowest BCUT2D eigenvalue weighted by molar-refractivity contribution is 0.152. The van der Waals surface area contributed by atoms with Crippen molar-refractivity contribution in [3.05, 3.63) is 42.1 Å². The summed E-state index contributed by atoms with van der Waals surface area (Å²) in [5.41, 5.74) is 1.93. The monoisotopic (exact) mass is 215 g/mol. The average Bonchev–Trinajstić information content (AvgIpc) is 2.27. The molecule has 2 heteroatoms. The van der Waals surface area contributed by atoms with Gasteiger partial charge in [-0.2, -0.15) is 0 Å². The first-order valence-electron chi connectivity index (χ1n) is 5.70. The molecule has 0 saturated heterocycles. The van der Waals surface area contributed by atoms with Gasteiger partial charge in [0.15, 0.2) is 0 Å². The van der Waals surface area contributed by atoms with Crippen LogP contribution in [0.4, 0.5) is 0 Å². The van der Waals surface area contributed by atoms with Crippen molar-refractivity contribution in [1.82, 2.24) is 4.98 Å². The largest absolute Gasteiger partial charge is 0.388 e. The lowest BCUT2D eigenvalue weighted by atomic mass is 9.97. The molecule has 1 atom stereocenters. The molecular formula is C14H17NO. The highest BCUT2D eigenvalue weighted by Gasteiger charge is 2.12. The maximum Gasteiger partial charge on any atom is 0.0799 e. The van der Waals surface area contributed by atoms with Crippen molar-refractivity contribution in [2.75, 3.05) is 0 Å². The summed E-state index contributed by atoms with van der Waals surface area (Å²) in [5, 5.41) is 11.2. The number of aliphatic hydroxyl groups is 1. The molecular weight excluding hydrogens is 198 g/mol. The molecule has 0 bridgehead atoms. The molecule has 0 aliphatic rings. The van der Waals surface area contributed by atoms with E-state index < -0.39 is 6.10 Å². The van der Waals surface area contributed by atoms with E-state index in [-0.39, 0.29) is 0 Å². The lowest BCUT2D eigenvalue weighted by Crippen LogP contribution is -2.02. The number of hydrogen-bond acceptors (Lipinski definition) is 2. The van der Waals surface area contributed by atoms with E-state index in [1.165, 1.54) is 0 Å². The zero-order valence-corrected chi connectivity index (χ0v) is 9.72. The van der Waals surface area contributed by atoms with Crippen LogP contribution in [-0.4, -0.2) is 10.1 Å². The Bertz CT molecular complexity index is 474. The Hall–Kier alpha value is -1.41. The van der Waals surface area contributed by atoms with Gasteiger partial charge in [0.2, 0.25) is 0 Å². The van der Waals surface area contributed by atoms with Crippen LogP contribution in [0.5, 0.6) is 0 Å². The molecule has 16 heavy (non-hydrogen) atoms. The van der Waals surface area contributed by atoms with Crippen molar-refractivity contribution in [2.45, 2.75) is 26.4 Å². The fourth-order valence-electron chi connectivity index (χ4n) is 1.98. The van der Waals surface area contributed by atoms with E-state index >= 15 is 0 Å². The number of pyridine rings is 1. The standard InChI is InChI=1S/C14H17NO/c1-10(2)9-14(16)12-7-8-15-13-6-4-3-5-11(12)13/h3-8,10,14,16H,9H2,1-2H3. The van der Waals surface area contributed by atoms with Gasteiger partial charge in [-0.05, 0) is 30.0 Å². The van der Waals surface area contributed by atoms with Crippen LogP contribution in [0.15, 0.2) is 36.5 Å². The van der Waals surface area contributed by atoms with Crippen LogP contribution in [0.1, 0.15) is 31.9 Å². The van der Waals surface area contributed by atoms with Gasteiger partial charge in [0.25, 0.3) is 0 Å². The first kappa shape index (κ1) is 11.1. The highest BCUT2D eigenvalue weighted by Crippen LogP contribution is 2.26. The quantitative estimate of drug-likeness (QED) is 0.852. The van der Waals surface area contributed by atoms with Crippen LogP contribution in [0.2, 0.25) is 0 Å². The second kappa shape index (κ2) is 4.62. The highest BCUT2D eigenvalue weighted by atomic mass is 16.3. The molecule has 2 nitrogen and oxygen atoms in total. The number of para-hydroxylation sites is 1. The van der Waals surface area contributed by atoms with Gasteiger partial charge < -0.3 is 5.11 Å². The predicted molar refractivity (Wildman–Crippen MR) is 66.2 cm³/mol. The molecule has 0 spiro atoms. The van der Waals surface area contributed by atoms with Crippen LogP contribution in [0.3, 0.4) is 0 Å². The molecule has 1 aromatic heterocycles. The van der Waals surface area contributed by atoms with Crippen LogP contribution < -0.4 is 0 Å². The molecule has 0 aliphatic heterocycles. The third-order valence-electron chi connectivity index (χ3n) is 2.74. The second-order valence-corrected chi connectivity index (χ2v) is 4.56. The SMILES string of the molecule is CC(C)CC(O)c1ccnc2ccccc12. The topological polar surface area (TPSA) is 33.1 Å². The molecule has 2 rings (SSSR count). The van der Waals surface area contributed by atoms with E-state index in [0.717, 1.165) is 22.9 Å². The second-order valence-electron chi connectivity index (χ2n) is 4.56. The van der Waals surface area contributed by atoms with E-state index in [0.29, 0.717) is 5.92 Å². The predicted octanol–water partition coefficient (Wildman–Crippen LogP) is 3.31. The summed E-state index contributed by atoms with van der Waals surface area (Å²) >= 11 is 0. The van der Waals surface area contributed by atoms with Gasteiger partial charge in [0, 0.05) is 11.6 Å². The molecule has 1 heterocycles. The number of aliphatic hydroxyl groups excluding tert-OH is 1. The van der Waals surface area contributed by atoms with Crippen molar-refractivity contribution in [2.24, 2.45) is 5.92 Å². The Balaban J connectivity index is 2.44. The Morgan fingerprint density at radius 2 is 1.94 bits per heavy atom. The first-order chi connectivity index (χ1) is 7.68. The van der Waals surface area contributed by atoms with E-state index in [9.17, 15) is 5.11 Å². The number of fused-ring (bicyclic) bond motifs is 1. The Morgan fingerprint density at radius 3 is 2.69 bits per heavy atom. The molecule has 84 valence electrons. The Morgan fingerprint density at radius 1 is 1.19 bits per heavy atom. The van der Waals surface area contributed by atoms with Crippen molar-refractivity contribution in [1.29, 1.82) is 0 Å². The van der Waals surface area contributed by atoms with E-state index in [4.69, 9.17) is 0 Å². The fraction of sp³-hybridized carbons (Fsp3) is 0.357. The Labute approximate surface area is 96.0 Å². The third kappa shape index (κ3) is 2.22. The maximum atomic E-state index is 10.2. The Kier molecular flexibility index (Phi) is 3.20. The number of nitrogens with zero attached hydrogens (tertiary/aromatic N) is 1. The van der Waals surface area contributed by atoms with Crippen molar-refractivity contribution in [3.8, 4) is 0 Å². The van der Waals surface area contributed by atoms with Gasteiger partial charge in [0.05, 0.1) is 11.6 Å². The van der Waals surface area contributed by atoms with Gasteiger partial charge >= 0.3 is 0 Å². The molecule has 0 radical (unpaired) electrons. The van der Waals surface area contributed by atoms with Gasteiger partial charge in [0.1, 0.15) is 0 Å². The van der Waals surface area contributed by atoms with Crippen LogP contribution >= 0.6 is 0 Å². The molecule has 1 aromatic carbocycles. The number of hydrogen-bond donors (Lipinski definition) is 1. The van der Waals surface area contributed by atoms with Crippen LogP contribution in [-0.2, 0) is 0 Å². The molecule has 0 saturated carbocycles. The van der Waals surface area contributed by atoms with Crippen molar-refractivity contribution in [3.63, 3.8) is 0 Å². The van der Waals surface area contributed by atoms with Crippen molar-refractivity contribution >= 4 is 10.9 Å². The summed E-state index contributed by atoms with van der Waals surface area (Å²) in [6.45, 7) is 4.24. The van der Waals surface area contributed by atoms with Gasteiger partial charge in [-0.1, -0.05) is 32.0 Å². The minimum Gasteiger partial charge on any atom is -0.388 e. The minimum absolute atomic E-state index is 0.395. The smallest absolute Gasteiger partial charge is 0.0799 e. The molecule has 2 aromatic rings. The number of aromatic nitrogens is 1. The maximum absolute atomic E-state index is 10.2. The minimum atomic E-state index is -0.395. The zero-order valence-electron chi connectivity index (χ0n) is 9.72. The van der Waals surface area contributed by atoms with Crippen molar-refractivity contribution < 1.29 is 5.11 Å². The van der Waals surface area contributed by atoms with E-state index in [1.807, 2.05) is 30.3 Å². The molecule has 0 amide bonds. The zero-order chi connectivity index (χ0) is 11.5. The van der Waals surface area contributed by atoms with E-state index in [1.54, 1.807) is 6.20 Å². The summed E-state index contributed by atoms with van der Waals surface area (Å²) in [4.78, 5) is 4.29. The normalized spacial score (nSPS) is 13.2. The molecule has 1 N–H and O–H groups in total. The van der Waals surface area contributed by atoms with Crippen LogP contribution in [0.25, 0.3) is 10.9 Å². The summed E-state index contributed by atoms with van der Waals surface area (Å²) < 4.78 is 0. The average molecular weight is 215 g/mol. The number of benzene rings is 1. The number of rotatable bonds is 3. The fourth-order valence-corrected chi connectivity index (χ4v) is 1.98. The highest BCUT2D eigenvalue weighted by molar-refractivity contribution is 5.82. The van der Waals surface area contributed by atoms with Gasteiger partial charge in [-0.3, -0.25) is 4.98 Å². The van der Waals surface area contributed by atoms with Gasteiger partial charge in [-0.15, -0.1) is 0 Å². The first-order valence-corrected chi connectivity index (χ1v) is 5.70. The van der Waals surface area contributed by atoms with E-state index in [2.05, 4.69) is 18.8 Å². The summed E-state index contributed by atoms with van der Waals surface area (Å²) in [6.07, 6.45) is 2.16. The third-order valence-corrected chi connectivity index (χ3v) is 2.74. The van der Waals surface area contributed by atoms with Gasteiger partial charge in [-0.25, -0.2) is 0 Å². The summed E-state index contributed by atoms with van der Waals surface area (Å²) in [7, 11) is 0. The van der Waals surface area contributed by atoms with Crippen LogP contribution in [0, 0.1) is 5.92 Å². The summed E-state index contributed by atoms with van der Waals surface area (Å²) in [6, 6.07) is 9.85. The molecule has 1 unspecified atom stereocenters. The molecule has 0 aliphatic carbocycles. The lowest BCUT2D eigenvalue weighted by Gasteiger charge is -2.15. The summed E-state index contributed by atoms with van der Waals surface area (Å²) in [5.74, 6) is 0.488.